The SMILES string of the molecule is CC1CN(C)CCN1CC(=O)Nc1ccc(Cl)cc1N. The van der Waals surface area contributed by atoms with E-state index in [2.05, 4.69) is 29.1 Å². The molecule has 3 N–H and O–H groups in total. The minimum Gasteiger partial charge on any atom is -0.397 e. The molecule has 1 amide bonds. The Morgan fingerprint density at radius 1 is 1.50 bits per heavy atom. The number of carbonyl (C=O) groups excluding carboxylic acids is 1. The van der Waals surface area contributed by atoms with Gasteiger partial charge in [-0.3, -0.25) is 9.69 Å². The standard InChI is InChI=1S/C14H21ClN4O/c1-10-8-18(2)5-6-19(10)9-14(20)17-13-4-3-11(15)7-12(13)16/h3-4,7,10H,5-6,8-9,16H2,1-2H3,(H,17,20). The highest BCUT2D eigenvalue weighted by Crippen LogP contribution is 2.22. The van der Waals surface area contributed by atoms with Gasteiger partial charge in [-0.25, -0.2) is 0 Å². The Hall–Kier alpha value is -1.30. The van der Waals surface area contributed by atoms with Crippen molar-refractivity contribution in [3.8, 4) is 0 Å². The van der Waals surface area contributed by atoms with Gasteiger partial charge in [0, 0.05) is 30.7 Å². The fourth-order valence-electron chi connectivity index (χ4n) is 2.43. The van der Waals surface area contributed by atoms with E-state index in [1.54, 1.807) is 18.2 Å². The monoisotopic (exact) mass is 296 g/mol. The number of anilines is 2. The van der Waals surface area contributed by atoms with Crippen molar-refractivity contribution in [1.29, 1.82) is 0 Å². The molecule has 2 rings (SSSR count). The van der Waals surface area contributed by atoms with Crippen LogP contribution in [0.2, 0.25) is 5.02 Å². The zero-order chi connectivity index (χ0) is 14.7. The topological polar surface area (TPSA) is 61.6 Å². The van der Waals surface area contributed by atoms with E-state index in [1.807, 2.05) is 0 Å². The van der Waals surface area contributed by atoms with E-state index in [9.17, 15) is 4.79 Å². The van der Waals surface area contributed by atoms with Gasteiger partial charge in [-0.15, -0.1) is 0 Å². The van der Waals surface area contributed by atoms with Crippen molar-refractivity contribution < 1.29 is 4.79 Å². The second-order valence-electron chi connectivity index (χ2n) is 5.36. The minimum absolute atomic E-state index is 0.0459. The zero-order valence-corrected chi connectivity index (χ0v) is 12.7. The number of benzene rings is 1. The van der Waals surface area contributed by atoms with Crippen LogP contribution in [-0.4, -0.2) is 55.0 Å². The van der Waals surface area contributed by atoms with Gasteiger partial charge in [-0.1, -0.05) is 11.6 Å². The molecule has 5 nitrogen and oxygen atoms in total. The van der Waals surface area contributed by atoms with E-state index in [1.165, 1.54) is 0 Å². The summed E-state index contributed by atoms with van der Waals surface area (Å²) in [4.78, 5) is 16.5. The van der Waals surface area contributed by atoms with Crippen LogP contribution in [0.1, 0.15) is 6.92 Å². The average molecular weight is 297 g/mol. The molecule has 1 fully saturated rings. The van der Waals surface area contributed by atoms with Gasteiger partial charge in [0.05, 0.1) is 17.9 Å². The van der Waals surface area contributed by atoms with Gasteiger partial charge < -0.3 is 16.0 Å². The van der Waals surface area contributed by atoms with E-state index >= 15 is 0 Å². The number of carbonyl (C=O) groups is 1. The zero-order valence-electron chi connectivity index (χ0n) is 11.9. The highest BCUT2D eigenvalue weighted by Gasteiger charge is 2.23. The van der Waals surface area contributed by atoms with Crippen molar-refractivity contribution >= 4 is 28.9 Å². The lowest BCUT2D eigenvalue weighted by atomic mass is 10.2. The molecule has 1 unspecified atom stereocenters. The number of nitrogens with two attached hydrogens (primary N) is 1. The summed E-state index contributed by atoms with van der Waals surface area (Å²) in [5.41, 5.74) is 6.92. The molecule has 0 radical (unpaired) electrons. The first-order valence-corrected chi connectivity index (χ1v) is 7.11. The summed E-state index contributed by atoms with van der Waals surface area (Å²) in [6.45, 7) is 5.40. The van der Waals surface area contributed by atoms with Gasteiger partial charge in [-0.05, 0) is 32.2 Å². The van der Waals surface area contributed by atoms with E-state index in [-0.39, 0.29) is 5.91 Å². The lowest BCUT2D eigenvalue weighted by Crippen LogP contribution is -2.52. The number of halogens is 1. The molecule has 1 atom stereocenters. The third-order valence-electron chi connectivity index (χ3n) is 3.60. The fourth-order valence-corrected chi connectivity index (χ4v) is 2.61. The van der Waals surface area contributed by atoms with Crippen LogP contribution < -0.4 is 11.1 Å². The first-order chi connectivity index (χ1) is 9.45. The summed E-state index contributed by atoms with van der Waals surface area (Å²) in [6.07, 6.45) is 0. The minimum atomic E-state index is -0.0459. The summed E-state index contributed by atoms with van der Waals surface area (Å²) in [7, 11) is 2.10. The second-order valence-corrected chi connectivity index (χ2v) is 5.80. The van der Waals surface area contributed by atoms with Crippen LogP contribution >= 0.6 is 11.6 Å². The molecular weight excluding hydrogens is 276 g/mol. The van der Waals surface area contributed by atoms with Crippen LogP contribution in [0, 0.1) is 0 Å². The van der Waals surface area contributed by atoms with Crippen molar-refractivity contribution in [3.05, 3.63) is 23.2 Å². The van der Waals surface area contributed by atoms with Crippen LogP contribution in [0.5, 0.6) is 0 Å². The van der Waals surface area contributed by atoms with Crippen molar-refractivity contribution in [2.45, 2.75) is 13.0 Å². The summed E-state index contributed by atoms with van der Waals surface area (Å²) < 4.78 is 0. The van der Waals surface area contributed by atoms with Crippen molar-refractivity contribution in [3.63, 3.8) is 0 Å². The molecule has 0 aliphatic carbocycles. The molecule has 110 valence electrons. The lowest BCUT2D eigenvalue weighted by Gasteiger charge is -2.37. The van der Waals surface area contributed by atoms with E-state index < -0.39 is 0 Å². The first kappa shape index (κ1) is 15.1. The van der Waals surface area contributed by atoms with Crippen LogP contribution in [0.15, 0.2) is 18.2 Å². The van der Waals surface area contributed by atoms with Crippen molar-refractivity contribution in [2.24, 2.45) is 0 Å². The average Bonchev–Trinajstić information content (AvgIpc) is 2.36. The third-order valence-corrected chi connectivity index (χ3v) is 3.84. The Morgan fingerprint density at radius 2 is 2.25 bits per heavy atom. The predicted octanol–water partition coefficient (Wildman–Crippen LogP) is 1.50. The molecule has 1 aromatic rings. The summed E-state index contributed by atoms with van der Waals surface area (Å²) in [5.74, 6) is -0.0459. The first-order valence-electron chi connectivity index (χ1n) is 6.73. The Kier molecular flexibility index (Phi) is 4.86. The number of nitrogens with one attached hydrogen (secondary N) is 1. The molecule has 0 bridgehead atoms. The number of piperazine rings is 1. The molecule has 6 heteroatoms. The van der Waals surface area contributed by atoms with Gasteiger partial charge in [0.25, 0.3) is 0 Å². The van der Waals surface area contributed by atoms with E-state index in [0.29, 0.717) is 29.0 Å². The summed E-state index contributed by atoms with van der Waals surface area (Å²) >= 11 is 5.84. The number of likely N-dealkylation sites (N-methyl/N-ethyl adjacent to an activating group) is 1. The van der Waals surface area contributed by atoms with Crippen LogP contribution in [-0.2, 0) is 4.79 Å². The number of hydrogen-bond donors (Lipinski definition) is 2. The highest BCUT2D eigenvalue weighted by molar-refractivity contribution is 6.31. The van der Waals surface area contributed by atoms with Crippen molar-refractivity contribution in [1.82, 2.24) is 9.80 Å². The quantitative estimate of drug-likeness (QED) is 0.830. The molecule has 0 aromatic heterocycles. The maximum atomic E-state index is 12.1. The van der Waals surface area contributed by atoms with Gasteiger partial charge >= 0.3 is 0 Å². The molecule has 20 heavy (non-hydrogen) atoms. The van der Waals surface area contributed by atoms with Gasteiger partial charge in [0.1, 0.15) is 0 Å². The molecule has 1 aliphatic heterocycles. The van der Waals surface area contributed by atoms with Crippen molar-refractivity contribution in [2.75, 3.05) is 44.3 Å². The molecule has 0 saturated carbocycles. The second kappa shape index (κ2) is 6.43. The number of rotatable bonds is 3. The number of hydrogen-bond acceptors (Lipinski definition) is 4. The Balaban J connectivity index is 1.92. The van der Waals surface area contributed by atoms with Gasteiger partial charge in [0.15, 0.2) is 0 Å². The largest absolute Gasteiger partial charge is 0.397 e. The Bertz CT molecular complexity index is 494. The maximum Gasteiger partial charge on any atom is 0.238 e. The van der Waals surface area contributed by atoms with Crippen LogP contribution in [0.25, 0.3) is 0 Å². The van der Waals surface area contributed by atoms with E-state index in [4.69, 9.17) is 17.3 Å². The number of nitrogens with zero attached hydrogens (tertiary/aromatic N) is 2. The maximum absolute atomic E-state index is 12.1. The third kappa shape index (κ3) is 3.85. The normalized spacial score (nSPS) is 20.9. The highest BCUT2D eigenvalue weighted by atomic mass is 35.5. The molecule has 1 aliphatic rings. The predicted molar refractivity (Wildman–Crippen MR) is 83.0 cm³/mol. The molecule has 1 aromatic carbocycles. The van der Waals surface area contributed by atoms with Gasteiger partial charge in [-0.2, -0.15) is 0 Å². The lowest BCUT2D eigenvalue weighted by molar-refractivity contribution is -0.118. The smallest absolute Gasteiger partial charge is 0.238 e. The summed E-state index contributed by atoms with van der Waals surface area (Å²) in [5, 5.41) is 3.40. The Labute approximate surface area is 124 Å². The fraction of sp³-hybridized carbons (Fsp3) is 0.500. The molecule has 1 saturated heterocycles. The van der Waals surface area contributed by atoms with Crippen LogP contribution in [0.4, 0.5) is 11.4 Å². The Morgan fingerprint density at radius 3 is 2.90 bits per heavy atom. The number of nitrogen functional groups attached to an aromatic ring is 1. The molecule has 1 heterocycles. The van der Waals surface area contributed by atoms with Crippen LogP contribution in [0.3, 0.4) is 0 Å². The van der Waals surface area contributed by atoms with Gasteiger partial charge in [0.2, 0.25) is 5.91 Å². The molecular formula is C14H21ClN4O. The molecule has 0 spiro atoms. The summed E-state index contributed by atoms with van der Waals surface area (Å²) in [6, 6.07) is 5.45. The van der Waals surface area contributed by atoms with E-state index in [0.717, 1.165) is 19.6 Å². The number of amides is 1.